The largest absolute Gasteiger partial charge is 0.478 e. The Balaban J connectivity index is 2.14. The molecule has 0 saturated heterocycles. The van der Waals surface area contributed by atoms with Gasteiger partial charge in [-0.15, -0.1) is 0 Å². The molecule has 19 heavy (non-hydrogen) atoms. The van der Waals surface area contributed by atoms with Gasteiger partial charge in [0.25, 0.3) is 0 Å². The van der Waals surface area contributed by atoms with Gasteiger partial charge in [-0.2, -0.15) is 0 Å². The number of carbonyl (C=O) groups is 1. The second-order valence-electron chi connectivity index (χ2n) is 4.71. The standard InChI is InChI=1S/C13H15F2NO3/c1-19-13(3-2-4-13)7-16-11-9(14)5-8(12(17)18)6-10(11)15/h5-6,16H,2-4,7H2,1H3,(H,17,18). The zero-order valence-electron chi connectivity index (χ0n) is 10.5. The first kappa shape index (κ1) is 13.7. The molecule has 0 aromatic heterocycles. The Morgan fingerprint density at radius 1 is 1.42 bits per heavy atom. The van der Waals surface area contributed by atoms with E-state index >= 15 is 0 Å². The number of methoxy groups -OCH3 is 1. The molecule has 0 unspecified atom stereocenters. The molecule has 1 aliphatic carbocycles. The Morgan fingerprint density at radius 2 is 2.00 bits per heavy atom. The predicted molar refractivity (Wildman–Crippen MR) is 65.4 cm³/mol. The fourth-order valence-electron chi connectivity index (χ4n) is 2.14. The number of hydrogen-bond donors (Lipinski definition) is 2. The average Bonchev–Trinajstić information content (AvgIpc) is 2.30. The van der Waals surface area contributed by atoms with Crippen molar-refractivity contribution in [2.24, 2.45) is 0 Å². The monoisotopic (exact) mass is 271 g/mol. The third kappa shape index (κ3) is 2.68. The van der Waals surface area contributed by atoms with Crippen LogP contribution in [0.2, 0.25) is 0 Å². The van der Waals surface area contributed by atoms with E-state index in [-0.39, 0.29) is 11.3 Å². The van der Waals surface area contributed by atoms with Crippen LogP contribution in [0.5, 0.6) is 0 Å². The van der Waals surface area contributed by atoms with E-state index in [2.05, 4.69) is 5.32 Å². The van der Waals surface area contributed by atoms with Gasteiger partial charge in [-0.25, -0.2) is 13.6 Å². The van der Waals surface area contributed by atoms with E-state index in [9.17, 15) is 13.6 Å². The van der Waals surface area contributed by atoms with E-state index in [1.165, 1.54) is 0 Å². The highest BCUT2D eigenvalue weighted by Gasteiger charge is 2.37. The molecule has 1 aromatic carbocycles. The number of anilines is 1. The first-order valence-corrected chi connectivity index (χ1v) is 5.99. The molecule has 1 saturated carbocycles. The Kier molecular flexibility index (Phi) is 3.71. The van der Waals surface area contributed by atoms with Crippen molar-refractivity contribution >= 4 is 11.7 Å². The molecular formula is C13H15F2NO3. The highest BCUT2D eigenvalue weighted by atomic mass is 19.1. The van der Waals surface area contributed by atoms with Gasteiger partial charge in [0.1, 0.15) is 17.3 Å². The lowest BCUT2D eigenvalue weighted by atomic mass is 9.80. The van der Waals surface area contributed by atoms with Gasteiger partial charge in [0.05, 0.1) is 11.2 Å². The summed E-state index contributed by atoms with van der Waals surface area (Å²) in [6.45, 7) is 0.295. The molecule has 1 aromatic rings. The summed E-state index contributed by atoms with van der Waals surface area (Å²) in [7, 11) is 1.57. The zero-order valence-corrected chi connectivity index (χ0v) is 10.5. The number of halogens is 2. The van der Waals surface area contributed by atoms with Crippen LogP contribution < -0.4 is 5.32 Å². The fourth-order valence-corrected chi connectivity index (χ4v) is 2.14. The van der Waals surface area contributed by atoms with Crippen LogP contribution in [0.4, 0.5) is 14.5 Å². The SMILES string of the molecule is COC1(CNc2c(F)cc(C(=O)O)cc2F)CCC1. The molecule has 0 amide bonds. The van der Waals surface area contributed by atoms with Crippen LogP contribution in [-0.2, 0) is 4.74 Å². The first-order chi connectivity index (χ1) is 8.97. The number of rotatable bonds is 5. The van der Waals surface area contributed by atoms with Crippen molar-refractivity contribution in [3.8, 4) is 0 Å². The van der Waals surface area contributed by atoms with Gasteiger partial charge < -0.3 is 15.2 Å². The molecule has 2 rings (SSSR count). The van der Waals surface area contributed by atoms with Crippen molar-refractivity contribution in [1.29, 1.82) is 0 Å². The maximum Gasteiger partial charge on any atom is 0.335 e. The van der Waals surface area contributed by atoms with Gasteiger partial charge in [0.15, 0.2) is 0 Å². The lowest BCUT2D eigenvalue weighted by molar-refractivity contribution is -0.0601. The Bertz CT molecular complexity index is 472. The van der Waals surface area contributed by atoms with Crippen molar-refractivity contribution in [1.82, 2.24) is 0 Å². The molecule has 0 spiro atoms. The van der Waals surface area contributed by atoms with Crippen molar-refractivity contribution in [3.05, 3.63) is 29.3 Å². The Labute approximate surface area is 109 Å². The van der Waals surface area contributed by atoms with Crippen LogP contribution >= 0.6 is 0 Å². The smallest absolute Gasteiger partial charge is 0.335 e. The third-order valence-corrected chi connectivity index (χ3v) is 3.57. The van der Waals surface area contributed by atoms with Gasteiger partial charge in [0.2, 0.25) is 0 Å². The molecule has 0 bridgehead atoms. The van der Waals surface area contributed by atoms with Crippen LogP contribution in [0.25, 0.3) is 0 Å². The number of carboxylic acids is 1. The van der Waals surface area contributed by atoms with Crippen LogP contribution in [0.3, 0.4) is 0 Å². The summed E-state index contributed by atoms with van der Waals surface area (Å²) in [4.78, 5) is 10.7. The average molecular weight is 271 g/mol. The van der Waals surface area contributed by atoms with Crippen LogP contribution in [0, 0.1) is 11.6 Å². The molecule has 104 valence electrons. The molecule has 0 radical (unpaired) electrons. The van der Waals surface area contributed by atoms with Crippen LogP contribution in [-0.4, -0.2) is 30.3 Å². The maximum atomic E-state index is 13.7. The van der Waals surface area contributed by atoms with Crippen LogP contribution in [0.15, 0.2) is 12.1 Å². The summed E-state index contributed by atoms with van der Waals surface area (Å²) in [5, 5.41) is 11.4. The van der Waals surface area contributed by atoms with Gasteiger partial charge in [-0.3, -0.25) is 0 Å². The number of aromatic carboxylic acids is 1. The van der Waals surface area contributed by atoms with E-state index in [1.807, 2.05) is 0 Å². The maximum absolute atomic E-state index is 13.7. The lowest BCUT2D eigenvalue weighted by Crippen LogP contribution is -2.45. The summed E-state index contributed by atoms with van der Waals surface area (Å²) in [5.41, 5.74) is -1.09. The summed E-state index contributed by atoms with van der Waals surface area (Å²) >= 11 is 0. The minimum Gasteiger partial charge on any atom is -0.478 e. The molecule has 0 aliphatic heterocycles. The second-order valence-corrected chi connectivity index (χ2v) is 4.71. The molecule has 6 heteroatoms. The summed E-state index contributed by atoms with van der Waals surface area (Å²) < 4.78 is 32.7. The zero-order chi connectivity index (χ0) is 14.0. The van der Waals surface area contributed by atoms with Gasteiger partial charge in [-0.1, -0.05) is 0 Å². The molecular weight excluding hydrogens is 256 g/mol. The molecule has 0 heterocycles. The summed E-state index contributed by atoms with van der Waals surface area (Å²) in [6.07, 6.45) is 2.71. The van der Waals surface area contributed by atoms with Gasteiger partial charge in [-0.05, 0) is 31.4 Å². The Hall–Kier alpha value is -1.69. The van der Waals surface area contributed by atoms with Gasteiger partial charge in [0, 0.05) is 13.7 Å². The summed E-state index contributed by atoms with van der Waals surface area (Å²) in [5.74, 6) is -3.19. The number of benzene rings is 1. The molecule has 4 nitrogen and oxygen atoms in total. The number of hydrogen-bond acceptors (Lipinski definition) is 3. The number of nitrogens with one attached hydrogen (secondary N) is 1. The van der Waals surface area contributed by atoms with E-state index in [0.29, 0.717) is 6.54 Å². The number of ether oxygens (including phenoxy) is 1. The van der Waals surface area contributed by atoms with Crippen molar-refractivity contribution in [3.63, 3.8) is 0 Å². The molecule has 1 fully saturated rings. The molecule has 1 aliphatic rings. The molecule has 0 atom stereocenters. The quantitative estimate of drug-likeness (QED) is 0.864. The summed E-state index contributed by atoms with van der Waals surface area (Å²) in [6, 6.07) is 1.60. The molecule has 2 N–H and O–H groups in total. The highest BCUT2D eigenvalue weighted by Crippen LogP contribution is 2.35. The normalized spacial score (nSPS) is 16.8. The fraction of sp³-hybridized carbons (Fsp3) is 0.462. The second kappa shape index (κ2) is 5.13. The van der Waals surface area contributed by atoms with Crippen LogP contribution in [0.1, 0.15) is 29.6 Å². The van der Waals surface area contributed by atoms with Crippen molar-refractivity contribution < 1.29 is 23.4 Å². The van der Waals surface area contributed by atoms with E-state index in [4.69, 9.17) is 9.84 Å². The number of carboxylic acid groups (broad SMARTS) is 1. The van der Waals surface area contributed by atoms with Crippen molar-refractivity contribution in [2.45, 2.75) is 24.9 Å². The van der Waals surface area contributed by atoms with E-state index in [0.717, 1.165) is 31.4 Å². The van der Waals surface area contributed by atoms with Gasteiger partial charge >= 0.3 is 5.97 Å². The van der Waals surface area contributed by atoms with E-state index in [1.54, 1.807) is 7.11 Å². The minimum atomic E-state index is -1.36. The highest BCUT2D eigenvalue weighted by molar-refractivity contribution is 5.88. The van der Waals surface area contributed by atoms with Crippen molar-refractivity contribution in [2.75, 3.05) is 19.0 Å². The Morgan fingerprint density at radius 3 is 2.37 bits per heavy atom. The first-order valence-electron chi connectivity index (χ1n) is 5.99. The topological polar surface area (TPSA) is 58.6 Å². The predicted octanol–water partition coefficient (Wildman–Crippen LogP) is 2.64. The lowest BCUT2D eigenvalue weighted by Gasteiger charge is -2.40. The third-order valence-electron chi connectivity index (χ3n) is 3.57. The van der Waals surface area contributed by atoms with E-state index < -0.39 is 23.2 Å². The minimum absolute atomic E-state index is 0.295.